The van der Waals surface area contributed by atoms with Gasteiger partial charge in [0.1, 0.15) is 6.33 Å². The molecule has 0 aliphatic heterocycles. The molecule has 1 aromatic carbocycles. The molecule has 2 aromatic rings. The molecular weight excluding hydrogens is 279 g/mol. The van der Waals surface area contributed by atoms with Crippen molar-refractivity contribution in [2.75, 3.05) is 0 Å². The molecule has 3 nitrogen and oxygen atoms in total. The van der Waals surface area contributed by atoms with Gasteiger partial charge in [0.2, 0.25) is 5.88 Å². The molecule has 2 rings (SSSR count). The first kappa shape index (κ1) is 10.4. The molecule has 0 aliphatic rings. The molecule has 5 heteroatoms. The molecule has 0 saturated carbocycles. The Labute approximate surface area is 99.9 Å². The van der Waals surface area contributed by atoms with Crippen molar-refractivity contribution in [3.63, 3.8) is 0 Å². The molecule has 15 heavy (non-hydrogen) atoms. The summed E-state index contributed by atoms with van der Waals surface area (Å²) < 4.78 is 0.866. The Morgan fingerprint density at radius 1 is 1.20 bits per heavy atom. The van der Waals surface area contributed by atoms with Crippen LogP contribution in [0, 0.1) is 0 Å². The van der Waals surface area contributed by atoms with Crippen LogP contribution in [0.4, 0.5) is 0 Å². The summed E-state index contributed by atoms with van der Waals surface area (Å²) in [6.45, 7) is 0. The summed E-state index contributed by atoms with van der Waals surface area (Å²) >= 11 is 9.27. The molecule has 0 radical (unpaired) electrons. The van der Waals surface area contributed by atoms with Crippen molar-refractivity contribution >= 4 is 27.5 Å². The van der Waals surface area contributed by atoms with E-state index in [0.29, 0.717) is 10.7 Å². The number of halogens is 2. The number of hydrogen-bond donors (Lipinski definition) is 1. The molecule has 76 valence electrons. The summed E-state index contributed by atoms with van der Waals surface area (Å²) in [4.78, 5) is 7.67. The second-order valence-corrected chi connectivity index (χ2v) is 4.18. The number of benzene rings is 1. The standard InChI is InChI=1S/C10H6BrClN2O/c11-8-2-1-6(12)3-7(8)9-4-10(15)14-5-13-9/h1-5H,(H,13,14,15). The monoisotopic (exact) mass is 284 g/mol. The van der Waals surface area contributed by atoms with Crippen LogP contribution in [0.3, 0.4) is 0 Å². The second kappa shape index (κ2) is 4.16. The van der Waals surface area contributed by atoms with E-state index < -0.39 is 0 Å². The number of rotatable bonds is 1. The van der Waals surface area contributed by atoms with Crippen LogP contribution in [0.2, 0.25) is 5.02 Å². The van der Waals surface area contributed by atoms with Crippen LogP contribution in [0.15, 0.2) is 35.1 Å². The quantitative estimate of drug-likeness (QED) is 0.875. The van der Waals surface area contributed by atoms with E-state index >= 15 is 0 Å². The predicted octanol–water partition coefficient (Wildman–Crippen LogP) is 3.27. The smallest absolute Gasteiger partial charge is 0.214 e. The average molecular weight is 286 g/mol. The first-order valence-corrected chi connectivity index (χ1v) is 5.30. The molecule has 0 aliphatic carbocycles. The van der Waals surface area contributed by atoms with Crippen LogP contribution in [0.25, 0.3) is 11.3 Å². The fourth-order valence-electron chi connectivity index (χ4n) is 1.19. The largest absolute Gasteiger partial charge is 0.493 e. The van der Waals surface area contributed by atoms with Crippen molar-refractivity contribution in [3.05, 3.63) is 40.1 Å². The number of aromatic hydroxyl groups is 1. The highest BCUT2D eigenvalue weighted by Gasteiger charge is 2.06. The minimum atomic E-state index is -0.0631. The fourth-order valence-corrected chi connectivity index (χ4v) is 1.81. The molecule has 0 unspecified atom stereocenters. The van der Waals surface area contributed by atoms with Gasteiger partial charge in [0.15, 0.2) is 0 Å². The number of nitrogens with zero attached hydrogens (tertiary/aromatic N) is 2. The Morgan fingerprint density at radius 3 is 2.73 bits per heavy atom. The van der Waals surface area contributed by atoms with Gasteiger partial charge in [0.25, 0.3) is 0 Å². The van der Waals surface area contributed by atoms with Gasteiger partial charge in [-0.05, 0) is 18.2 Å². The Hall–Kier alpha value is -1.13. The van der Waals surface area contributed by atoms with Crippen molar-refractivity contribution in [2.24, 2.45) is 0 Å². The minimum absolute atomic E-state index is 0.0631. The second-order valence-electron chi connectivity index (χ2n) is 2.89. The lowest BCUT2D eigenvalue weighted by Crippen LogP contribution is -1.86. The summed E-state index contributed by atoms with van der Waals surface area (Å²) in [7, 11) is 0. The van der Waals surface area contributed by atoms with Crippen LogP contribution in [-0.4, -0.2) is 15.1 Å². The third kappa shape index (κ3) is 2.27. The van der Waals surface area contributed by atoms with Crippen molar-refractivity contribution in [3.8, 4) is 17.1 Å². The Kier molecular flexibility index (Phi) is 2.88. The lowest BCUT2D eigenvalue weighted by atomic mass is 10.1. The van der Waals surface area contributed by atoms with Crippen LogP contribution in [-0.2, 0) is 0 Å². The molecule has 0 bridgehead atoms. The predicted molar refractivity (Wildman–Crippen MR) is 61.8 cm³/mol. The highest BCUT2D eigenvalue weighted by molar-refractivity contribution is 9.10. The third-order valence-corrected chi connectivity index (χ3v) is 2.78. The zero-order valence-electron chi connectivity index (χ0n) is 7.48. The van der Waals surface area contributed by atoms with Crippen LogP contribution >= 0.6 is 27.5 Å². The van der Waals surface area contributed by atoms with Crippen LogP contribution in [0.5, 0.6) is 5.88 Å². The van der Waals surface area contributed by atoms with Gasteiger partial charge in [-0.3, -0.25) is 0 Å². The summed E-state index contributed by atoms with van der Waals surface area (Å²) in [5.41, 5.74) is 1.44. The van der Waals surface area contributed by atoms with Crippen molar-refractivity contribution in [1.82, 2.24) is 9.97 Å². The van der Waals surface area contributed by atoms with Gasteiger partial charge in [-0.25, -0.2) is 9.97 Å². The topological polar surface area (TPSA) is 46.0 Å². The van der Waals surface area contributed by atoms with E-state index in [2.05, 4.69) is 25.9 Å². The van der Waals surface area contributed by atoms with Gasteiger partial charge in [0.05, 0.1) is 5.69 Å². The van der Waals surface area contributed by atoms with E-state index in [-0.39, 0.29) is 5.88 Å². The Morgan fingerprint density at radius 2 is 2.00 bits per heavy atom. The summed E-state index contributed by atoms with van der Waals surface area (Å²) in [6.07, 6.45) is 1.30. The average Bonchev–Trinajstić information content (AvgIpc) is 2.22. The molecular formula is C10H6BrClN2O. The summed E-state index contributed by atoms with van der Waals surface area (Å²) in [5, 5.41) is 9.85. The Bertz CT molecular complexity index is 505. The summed E-state index contributed by atoms with van der Waals surface area (Å²) in [5.74, 6) is -0.0631. The van der Waals surface area contributed by atoms with Crippen LogP contribution in [0.1, 0.15) is 0 Å². The summed E-state index contributed by atoms with van der Waals surface area (Å²) in [6, 6.07) is 6.86. The maximum absolute atomic E-state index is 9.24. The molecule has 0 fully saturated rings. The van der Waals surface area contributed by atoms with Crippen LogP contribution < -0.4 is 0 Å². The normalized spacial score (nSPS) is 10.3. The third-order valence-electron chi connectivity index (χ3n) is 1.86. The van der Waals surface area contributed by atoms with E-state index in [9.17, 15) is 5.11 Å². The lowest BCUT2D eigenvalue weighted by molar-refractivity contribution is 0.452. The highest BCUT2D eigenvalue weighted by atomic mass is 79.9. The number of hydrogen-bond acceptors (Lipinski definition) is 3. The van der Waals surface area contributed by atoms with E-state index in [1.165, 1.54) is 12.4 Å². The zero-order chi connectivity index (χ0) is 10.8. The molecule has 0 saturated heterocycles. The van der Waals surface area contributed by atoms with E-state index in [0.717, 1.165) is 10.0 Å². The molecule has 1 heterocycles. The van der Waals surface area contributed by atoms with Gasteiger partial charge in [-0.1, -0.05) is 27.5 Å². The van der Waals surface area contributed by atoms with Gasteiger partial charge in [-0.15, -0.1) is 0 Å². The zero-order valence-corrected chi connectivity index (χ0v) is 9.83. The SMILES string of the molecule is Oc1cc(-c2cc(Cl)ccc2Br)ncn1. The molecule has 1 aromatic heterocycles. The molecule has 1 N–H and O–H groups in total. The van der Waals surface area contributed by atoms with Gasteiger partial charge in [0, 0.05) is 21.1 Å². The van der Waals surface area contributed by atoms with E-state index in [1.54, 1.807) is 12.1 Å². The fraction of sp³-hybridized carbons (Fsp3) is 0. The molecule has 0 atom stereocenters. The van der Waals surface area contributed by atoms with Gasteiger partial charge >= 0.3 is 0 Å². The van der Waals surface area contributed by atoms with Gasteiger partial charge < -0.3 is 5.11 Å². The Balaban J connectivity index is 2.58. The first-order valence-electron chi connectivity index (χ1n) is 4.13. The van der Waals surface area contributed by atoms with E-state index in [1.807, 2.05) is 6.07 Å². The minimum Gasteiger partial charge on any atom is -0.493 e. The lowest BCUT2D eigenvalue weighted by Gasteiger charge is -2.04. The highest BCUT2D eigenvalue weighted by Crippen LogP contribution is 2.30. The number of aromatic nitrogens is 2. The maximum atomic E-state index is 9.24. The van der Waals surface area contributed by atoms with Gasteiger partial charge in [-0.2, -0.15) is 0 Å². The molecule has 0 spiro atoms. The van der Waals surface area contributed by atoms with Crippen molar-refractivity contribution < 1.29 is 5.11 Å². The van der Waals surface area contributed by atoms with E-state index in [4.69, 9.17) is 11.6 Å². The van der Waals surface area contributed by atoms with Crippen molar-refractivity contribution in [2.45, 2.75) is 0 Å². The maximum Gasteiger partial charge on any atom is 0.214 e. The van der Waals surface area contributed by atoms with Crippen molar-refractivity contribution in [1.29, 1.82) is 0 Å². The molecule has 0 amide bonds. The first-order chi connectivity index (χ1) is 7.16.